The average molecular weight is 257 g/mol. The van der Waals surface area contributed by atoms with Gasteiger partial charge in [0, 0.05) is 31.2 Å². The largest absolute Gasteiger partial charge is 0.396 e. The highest BCUT2D eigenvalue weighted by Crippen LogP contribution is 2.32. The normalized spacial score (nSPS) is 31.6. The van der Waals surface area contributed by atoms with Gasteiger partial charge in [0.25, 0.3) is 0 Å². The molecule has 2 fully saturated rings. The van der Waals surface area contributed by atoms with Crippen LogP contribution in [0.3, 0.4) is 0 Å². The Bertz CT molecular complexity index is 198. The first-order valence-corrected chi connectivity index (χ1v) is 8.45. The third kappa shape index (κ3) is 4.80. The predicted molar refractivity (Wildman–Crippen MR) is 75.5 cm³/mol. The highest BCUT2D eigenvalue weighted by Gasteiger charge is 2.21. The molecule has 2 rings (SSSR count). The fraction of sp³-hybridized carbons (Fsp3) is 1.00. The molecule has 1 heterocycles. The second kappa shape index (κ2) is 7.65. The van der Waals surface area contributed by atoms with Crippen molar-refractivity contribution in [3.8, 4) is 0 Å². The van der Waals surface area contributed by atoms with Gasteiger partial charge in [0.15, 0.2) is 0 Å². The maximum atomic E-state index is 8.95. The van der Waals surface area contributed by atoms with Crippen LogP contribution in [0.1, 0.15) is 38.5 Å². The molecule has 0 aromatic carbocycles. The van der Waals surface area contributed by atoms with Crippen molar-refractivity contribution in [2.75, 3.05) is 37.7 Å². The molecule has 2 aliphatic rings. The van der Waals surface area contributed by atoms with Gasteiger partial charge in [-0.3, -0.25) is 0 Å². The molecule has 1 aliphatic heterocycles. The number of nitrogens with zero attached hydrogens (tertiary/aromatic N) is 1. The third-order valence-electron chi connectivity index (χ3n) is 4.46. The minimum atomic E-state index is 0.390. The van der Waals surface area contributed by atoms with Gasteiger partial charge >= 0.3 is 0 Å². The summed E-state index contributed by atoms with van der Waals surface area (Å²) in [5.74, 6) is 4.47. The van der Waals surface area contributed by atoms with Crippen molar-refractivity contribution in [2.45, 2.75) is 38.5 Å². The molecule has 100 valence electrons. The quantitative estimate of drug-likeness (QED) is 0.819. The zero-order valence-corrected chi connectivity index (χ0v) is 11.8. The topological polar surface area (TPSA) is 23.5 Å². The molecule has 1 aliphatic carbocycles. The Morgan fingerprint density at radius 1 is 0.941 bits per heavy atom. The molecule has 0 aromatic heterocycles. The average Bonchev–Trinajstić information content (AvgIpc) is 2.40. The minimum Gasteiger partial charge on any atom is -0.396 e. The van der Waals surface area contributed by atoms with Crippen molar-refractivity contribution >= 4 is 11.8 Å². The van der Waals surface area contributed by atoms with Crippen LogP contribution in [0.15, 0.2) is 0 Å². The van der Waals surface area contributed by atoms with E-state index in [0.29, 0.717) is 6.61 Å². The van der Waals surface area contributed by atoms with Crippen LogP contribution in [0.25, 0.3) is 0 Å². The molecule has 0 aromatic rings. The minimum absolute atomic E-state index is 0.390. The zero-order valence-electron chi connectivity index (χ0n) is 10.9. The molecule has 1 saturated heterocycles. The fourth-order valence-corrected chi connectivity index (χ4v) is 4.16. The Morgan fingerprint density at radius 2 is 1.53 bits per heavy atom. The van der Waals surface area contributed by atoms with Crippen molar-refractivity contribution in [1.29, 1.82) is 0 Å². The van der Waals surface area contributed by atoms with Crippen molar-refractivity contribution in [1.82, 2.24) is 4.90 Å². The third-order valence-corrected chi connectivity index (χ3v) is 5.40. The van der Waals surface area contributed by atoms with Crippen LogP contribution in [-0.2, 0) is 0 Å². The van der Waals surface area contributed by atoms with E-state index >= 15 is 0 Å². The van der Waals surface area contributed by atoms with E-state index in [0.717, 1.165) is 18.3 Å². The molecule has 1 N–H and O–H groups in total. The lowest BCUT2D eigenvalue weighted by molar-refractivity contribution is 0.188. The van der Waals surface area contributed by atoms with Gasteiger partial charge in [-0.2, -0.15) is 11.8 Å². The smallest absolute Gasteiger partial charge is 0.0433 e. The summed E-state index contributed by atoms with van der Waals surface area (Å²) in [4.78, 5) is 2.65. The lowest BCUT2D eigenvalue weighted by Crippen LogP contribution is -2.34. The molecule has 0 unspecified atom stereocenters. The summed E-state index contributed by atoms with van der Waals surface area (Å²) in [5.41, 5.74) is 0. The van der Waals surface area contributed by atoms with Crippen molar-refractivity contribution in [3.63, 3.8) is 0 Å². The first kappa shape index (κ1) is 13.7. The van der Waals surface area contributed by atoms with E-state index in [4.69, 9.17) is 5.11 Å². The number of hydrogen-bond donors (Lipinski definition) is 1. The molecular weight excluding hydrogens is 230 g/mol. The molecule has 0 radical (unpaired) electrons. The highest BCUT2D eigenvalue weighted by atomic mass is 32.2. The Morgan fingerprint density at radius 3 is 2.12 bits per heavy atom. The van der Waals surface area contributed by atoms with Crippen LogP contribution in [0, 0.1) is 11.8 Å². The molecule has 0 bridgehead atoms. The highest BCUT2D eigenvalue weighted by molar-refractivity contribution is 7.99. The summed E-state index contributed by atoms with van der Waals surface area (Å²) in [5, 5.41) is 8.95. The van der Waals surface area contributed by atoms with Gasteiger partial charge < -0.3 is 10.0 Å². The maximum Gasteiger partial charge on any atom is 0.0433 e. The van der Waals surface area contributed by atoms with Crippen molar-refractivity contribution in [2.24, 2.45) is 11.8 Å². The van der Waals surface area contributed by atoms with Crippen LogP contribution in [0.5, 0.6) is 0 Å². The summed E-state index contributed by atoms with van der Waals surface area (Å²) < 4.78 is 0. The molecule has 17 heavy (non-hydrogen) atoms. The van der Waals surface area contributed by atoms with Crippen molar-refractivity contribution in [3.05, 3.63) is 0 Å². The first-order chi connectivity index (χ1) is 8.38. The standard InChI is InChI=1S/C14H27NOS/c16-10-6-14-3-1-13(2-4-14)5-7-15-8-11-17-12-9-15/h13-14,16H,1-12H2. The second-order valence-corrected chi connectivity index (χ2v) is 6.87. The number of aliphatic hydroxyl groups excluding tert-OH is 1. The molecule has 2 nitrogen and oxygen atoms in total. The van der Waals surface area contributed by atoms with Crippen LogP contribution < -0.4 is 0 Å². The van der Waals surface area contributed by atoms with E-state index in [1.54, 1.807) is 0 Å². The lowest BCUT2D eigenvalue weighted by atomic mass is 9.79. The Hall–Kier alpha value is 0.270. The lowest BCUT2D eigenvalue weighted by Gasteiger charge is -2.31. The Kier molecular flexibility index (Phi) is 6.16. The summed E-state index contributed by atoms with van der Waals surface area (Å²) in [6.45, 7) is 4.34. The van der Waals surface area contributed by atoms with Gasteiger partial charge in [0.2, 0.25) is 0 Å². The number of hydrogen-bond acceptors (Lipinski definition) is 3. The van der Waals surface area contributed by atoms with Gasteiger partial charge in [0.05, 0.1) is 0 Å². The van der Waals surface area contributed by atoms with Crippen LogP contribution in [0.2, 0.25) is 0 Å². The number of aliphatic hydroxyl groups is 1. The van der Waals surface area contributed by atoms with Gasteiger partial charge in [0.1, 0.15) is 0 Å². The maximum absolute atomic E-state index is 8.95. The van der Waals surface area contributed by atoms with E-state index in [1.165, 1.54) is 63.2 Å². The first-order valence-electron chi connectivity index (χ1n) is 7.29. The molecule has 3 heteroatoms. The molecule has 0 spiro atoms. The Labute approximate surface area is 110 Å². The summed E-state index contributed by atoms with van der Waals surface area (Å²) >= 11 is 2.10. The predicted octanol–water partition coefficient (Wildman–Crippen LogP) is 2.61. The monoisotopic (exact) mass is 257 g/mol. The number of thioether (sulfide) groups is 1. The second-order valence-electron chi connectivity index (χ2n) is 5.64. The molecule has 1 saturated carbocycles. The molecule has 0 amide bonds. The van der Waals surface area contributed by atoms with E-state index in [-0.39, 0.29) is 0 Å². The van der Waals surface area contributed by atoms with Gasteiger partial charge in [-0.1, -0.05) is 25.7 Å². The van der Waals surface area contributed by atoms with Gasteiger partial charge in [-0.15, -0.1) is 0 Å². The Balaban J connectivity index is 1.57. The van der Waals surface area contributed by atoms with Crippen molar-refractivity contribution < 1.29 is 5.11 Å². The van der Waals surface area contributed by atoms with E-state index < -0.39 is 0 Å². The van der Waals surface area contributed by atoms with Crippen LogP contribution in [0.4, 0.5) is 0 Å². The zero-order chi connectivity index (χ0) is 11.9. The van der Waals surface area contributed by atoms with Gasteiger partial charge in [-0.25, -0.2) is 0 Å². The summed E-state index contributed by atoms with van der Waals surface area (Å²) in [6.07, 6.45) is 8.00. The molecule has 0 atom stereocenters. The van der Waals surface area contributed by atoms with Gasteiger partial charge in [-0.05, 0) is 31.2 Å². The fourth-order valence-electron chi connectivity index (χ4n) is 3.18. The molecular formula is C14H27NOS. The summed E-state index contributed by atoms with van der Waals surface area (Å²) in [7, 11) is 0. The SMILES string of the molecule is OCCC1CCC(CCN2CCSCC2)CC1. The number of rotatable bonds is 5. The van der Waals surface area contributed by atoms with E-state index in [1.807, 2.05) is 0 Å². The summed E-state index contributed by atoms with van der Waals surface area (Å²) in [6, 6.07) is 0. The van der Waals surface area contributed by atoms with E-state index in [9.17, 15) is 0 Å². The van der Waals surface area contributed by atoms with Crippen LogP contribution in [-0.4, -0.2) is 47.8 Å². The van der Waals surface area contributed by atoms with Crippen LogP contribution >= 0.6 is 11.8 Å². The van der Waals surface area contributed by atoms with E-state index in [2.05, 4.69) is 16.7 Å².